The standard InChI is InChI=1S/C17H28N2O/c1-10-2-3-19(9-15(10)18)17(20)16-13-5-11-4-12(7-13)8-14(16)6-11/h10-16H,2-9,18H2,1H3. The van der Waals surface area contributed by atoms with Crippen LogP contribution in [0.2, 0.25) is 0 Å². The number of carbonyl (C=O) groups excluding carboxylic acids is 1. The zero-order valence-corrected chi connectivity index (χ0v) is 12.6. The maximum atomic E-state index is 13.0. The van der Waals surface area contributed by atoms with Crippen molar-refractivity contribution >= 4 is 5.91 Å². The molecule has 4 bridgehead atoms. The fraction of sp³-hybridized carbons (Fsp3) is 0.941. The molecule has 5 aliphatic rings. The lowest BCUT2D eigenvalue weighted by atomic mass is 9.51. The summed E-state index contributed by atoms with van der Waals surface area (Å²) in [7, 11) is 0. The van der Waals surface area contributed by atoms with E-state index in [0.29, 0.717) is 29.6 Å². The minimum Gasteiger partial charge on any atom is -0.341 e. The molecule has 2 unspecified atom stereocenters. The van der Waals surface area contributed by atoms with Crippen molar-refractivity contribution in [3.8, 4) is 0 Å². The van der Waals surface area contributed by atoms with Crippen LogP contribution in [0.3, 0.4) is 0 Å². The van der Waals surface area contributed by atoms with Gasteiger partial charge in [-0.15, -0.1) is 0 Å². The van der Waals surface area contributed by atoms with E-state index in [-0.39, 0.29) is 6.04 Å². The summed E-state index contributed by atoms with van der Waals surface area (Å²) in [5, 5.41) is 0. The van der Waals surface area contributed by atoms with Gasteiger partial charge in [-0.25, -0.2) is 0 Å². The Balaban J connectivity index is 1.49. The van der Waals surface area contributed by atoms with E-state index in [2.05, 4.69) is 11.8 Å². The minimum atomic E-state index is 0.185. The molecule has 1 aliphatic heterocycles. The van der Waals surface area contributed by atoms with Gasteiger partial charge in [0.25, 0.3) is 0 Å². The van der Waals surface area contributed by atoms with Gasteiger partial charge < -0.3 is 10.6 Å². The largest absolute Gasteiger partial charge is 0.341 e. The average Bonchev–Trinajstić information content (AvgIpc) is 2.40. The van der Waals surface area contributed by atoms with Gasteiger partial charge in [0.1, 0.15) is 0 Å². The zero-order chi connectivity index (χ0) is 13.9. The van der Waals surface area contributed by atoms with Gasteiger partial charge in [-0.1, -0.05) is 6.92 Å². The fourth-order valence-electron chi connectivity index (χ4n) is 5.84. The Hall–Kier alpha value is -0.570. The van der Waals surface area contributed by atoms with Crippen molar-refractivity contribution in [1.29, 1.82) is 0 Å². The predicted molar refractivity (Wildman–Crippen MR) is 78.9 cm³/mol. The number of nitrogens with two attached hydrogens (primary N) is 1. The number of hydrogen-bond donors (Lipinski definition) is 1. The monoisotopic (exact) mass is 276 g/mol. The first-order chi connectivity index (χ1) is 9.61. The molecule has 2 N–H and O–H groups in total. The summed E-state index contributed by atoms with van der Waals surface area (Å²) in [5.41, 5.74) is 6.19. The first-order valence-corrected chi connectivity index (χ1v) is 8.66. The SMILES string of the molecule is CC1CCN(C(=O)C2C3CC4CC(C3)CC2C4)CC1N. The van der Waals surface area contributed by atoms with Gasteiger partial charge in [-0.2, -0.15) is 0 Å². The van der Waals surface area contributed by atoms with Crippen molar-refractivity contribution in [3.05, 3.63) is 0 Å². The van der Waals surface area contributed by atoms with E-state index in [4.69, 9.17) is 5.73 Å². The van der Waals surface area contributed by atoms with Gasteiger partial charge in [-0.05, 0) is 68.1 Å². The molecule has 112 valence electrons. The predicted octanol–water partition coefficient (Wildman–Crippen LogP) is 2.25. The van der Waals surface area contributed by atoms with Crippen LogP contribution in [-0.2, 0) is 4.79 Å². The van der Waals surface area contributed by atoms with Crippen LogP contribution in [0.1, 0.15) is 45.4 Å². The lowest BCUT2D eigenvalue weighted by Crippen LogP contribution is -2.56. The summed E-state index contributed by atoms with van der Waals surface area (Å²) < 4.78 is 0. The highest BCUT2D eigenvalue weighted by Crippen LogP contribution is 2.56. The summed E-state index contributed by atoms with van der Waals surface area (Å²) in [6, 6.07) is 0.185. The van der Waals surface area contributed by atoms with Crippen LogP contribution >= 0.6 is 0 Å². The van der Waals surface area contributed by atoms with E-state index >= 15 is 0 Å². The molecule has 0 aromatic heterocycles. The number of piperidine rings is 1. The second-order valence-electron chi connectivity index (χ2n) is 8.17. The third-order valence-corrected chi connectivity index (χ3v) is 6.84. The number of likely N-dealkylation sites (tertiary alicyclic amines) is 1. The van der Waals surface area contributed by atoms with E-state index in [1.807, 2.05) is 0 Å². The molecule has 0 spiro atoms. The minimum absolute atomic E-state index is 0.185. The van der Waals surface area contributed by atoms with Gasteiger partial charge in [0, 0.05) is 25.0 Å². The Bertz CT molecular complexity index is 380. The third-order valence-electron chi connectivity index (χ3n) is 6.84. The lowest BCUT2D eigenvalue weighted by molar-refractivity contribution is -0.150. The zero-order valence-electron chi connectivity index (χ0n) is 12.6. The van der Waals surface area contributed by atoms with E-state index in [0.717, 1.165) is 31.3 Å². The third kappa shape index (κ3) is 2.01. The van der Waals surface area contributed by atoms with E-state index in [1.54, 1.807) is 0 Å². The van der Waals surface area contributed by atoms with Crippen LogP contribution in [0.4, 0.5) is 0 Å². The van der Waals surface area contributed by atoms with Crippen molar-refractivity contribution in [2.75, 3.05) is 13.1 Å². The summed E-state index contributed by atoms with van der Waals surface area (Å²) in [4.78, 5) is 15.1. The van der Waals surface area contributed by atoms with Crippen molar-refractivity contribution in [2.24, 2.45) is 41.2 Å². The summed E-state index contributed by atoms with van der Waals surface area (Å²) >= 11 is 0. The second-order valence-corrected chi connectivity index (χ2v) is 8.17. The van der Waals surface area contributed by atoms with Crippen molar-refractivity contribution in [1.82, 2.24) is 4.90 Å². The number of hydrogen-bond acceptors (Lipinski definition) is 2. The summed E-state index contributed by atoms with van der Waals surface area (Å²) in [6.45, 7) is 3.95. The molecule has 0 aromatic carbocycles. The molecule has 4 saturated carbocycles. The Morgan fingerprint density at radius 2 is 1.65 bits per heavy atom. The molecule has 1 saturated heterocycles. The fourth-order valence-corrected chi connectivity index (χ4v) is 5.84. The van der Waals surface area contributed by atoms with Crippen molar-refractivity contribution < 1.29 is 4.79 Å². The quantitative estimate of drug-likeness (QED) is 0.798. The molecule has 0 aromatic rings. The maximum Gasteiger partial charge on any atom is 0.226 e. The summed E-state index contributed by atoms with van der Waals surface area (Å²) in [5.74, 6) is 4.68. The Morgan fingerprint density at radius 1 is 1.05 bits per heavy atom. The molecule has 4 aliphatic carbocycles. The Morgan fingerprint density at radius 3 is 2.20 bits per heavy atom. The number of rotatable bonds is 1. The smallest absolute Gasteiger partial charge is 0.226 e. The number of nitrogens with zero attached hydrogens (tertiary/aromatic N) is 1. The molecule has 5 rings (SSSR count). The highest BCUT2D eigenvalue weighted by Gasteiger charge is 2.51. The maximum absolute atomic E-state index is 13.0. The van der Waals surface area contributed by atoms with Crippen LogP contribution < -0.4 is 5.73 Å². The van der Waals surface area contributed by atoms with Crippen LogP contribution in [-0.4, -0.2) is 29.9 Å². The molecule has 3 nitrogen and oxygen atoms in total. The lowest BCUT2D eigenvalue weighted by Gasteiger charge is -2.54. The molecule has 1 amide bonds. The van der Waals surface area contributed by atoms with Gasteiger partial charge in [0.15, 0.2) is 0 Å². The van der Waals surface area contributed by atoms with Crippen molar-refractivity contribution in [3.63, 3.8) is 0 Å². The van der Waals surface area contributed by atoms with E-state index in [1.165, 1.54) is 32.1 Å². The molecule has 1 heterocycles. The Labute approximate surface area is 122 Å². The van der Waals surface area contributed by atoms with Gasteiger partial charge in [0.05, 0.1) is 0 Å². The normalized spacial score (nSPS) is 50.5. The van der Waals surface area contributed by atoms with E-state index in [9.17, 15) is 4.79 Å². The van der Waals surface area contributed by atoms with Gasteiger partial charge >= 0.3 is 0 Å². The molecular formula is C17H28N2O. The molecule has 0 radical (unpaired) electrons. The van der Waals surface area contributed by atoms with Gasteiger partial charge in [-0.3, -0.25) is 4.79 Å². The first-order valence-electron chi connectivity index (χ1n) is 8.66. The molecule has 20 heavy (non-hydrogen) atoms. The van der Waals surface area contributed by atoms with Crippen LogP contribution in [0.15, 0.2) is 0 Å². The highest BCUT2D eigenvalue weighted by atomic mass is 16.2. The van der Waals surface area contributed by atoms with Crippen molar-refractivity contribution in [2.45, 2.75) is 51.5 Å². The number of amides is 1. The molecule has 3 heteroatoms. The molecule has 5 fully saturated rings. The highest BCUT2D eigenvalue weighted by molar-refractivity contribution is 5.80. The van der Waals surface area contributed by atoms with Crippen LogP contribution in [0.5, 0.6) is 0 Å². The summed E-state index contributed by atoms with van der Waals surface area (Å²) in [6.07, 6.45) is 7.87. The van der Waals surface area contributed by atoms with E-state index < -0.39 is 0 Å². The molecule has 2 atom stereocenters. The topological polar surface area (TPSA) is 46.3 Å². The second kappa shape index (κ2) is 4.72. The van der Waals surface area contributed by atoms with Crippen LogP contribution in [0.25, 0.3) is 0 Å². The van der Waals surface area contributed by atoms with Gasteiger partial charge in [0.2, 0.25) is 5.91 Å². The Kier molecular flexibility index (Phi) is 3.10. The average molecular weight is 276 g/mol. The number of carbonyl (C=O) groups is 1. The molecular weight excluding hydrogens is 248 g/mol. The van der Waals surface area contributed by atoms with Crippen LogP contribution in [0, 0.1) is 35.5 Å². The first kappa shape index (κ1) is 13.1.